The van der Waals surface area contributed by atoms with Crippen molar-refractivity contribution in [3.63, 3.8) is 0 Å². The van der Waals surface area contributed by atoms with Crippen LogP contribution >= 0.6 is 114 Å². The summed E-state index contributed by atoms with van der Waals surface area (Å²) in [5.41, 5.74) is 16.8. The van der Waals surface area contributed by atoms with Gasteiger partial charge >= 0.3 is 11.2 Å². The van der Waals surface area contributed by atoms with Crippen molar-refractivity contribution in [2.45, 2.75) is 6.92 Å². The number of aromatic nitrogens is 10. The molecule has 10 N–H and O–H groups in total. The van der Waals surface area contributed by atoms with E-state index in [0.29, 0.717) is 37.8 Å². The number of hydrogen-bond donors (Lipinski definition) is 7. The molecule has 7 aromatic rings. The number of aromatic amines is 1. The minimum Gasteiger partial charge on any atom is -0.481 e. The molecule has 29 heteroatoms. The molecule has 7 heterocycles. The van der Waals surface area contributed by atoms with Gasteiger partial charge in [0.25, 0.3) is 11.5 Å². The predicted molar refractivity (Wildman–Crippen MR) is 242 cm³/mol. The highest BCUT2D eigenvalue weighted by Crippen LogP contribution is 2.61. The molecule has 0 fully saturated rings. The van der Waals surface area contributed by atoms with Crippen molar-refractivity contribution in [2.24, 2.45) is 5.73 Å². The van der Waals surface area contributed by atoms with Crippen molar-refractivity contribution in [1.82, 2.24) is 49.8 Å². The Morgan fingerprint density at radius 1 is 0.712 bits per heavy atom. The van der Waals surface area contributed by atoms with Gasteiger partial charge in [-0.15, -0.1) is 0 Å². The first-order valence-corrected chi connectivity index (χ1v) is 22.7. The Labute approximate surface area is 384 Å². The first-order chi connectivity index (χ1) is 27.6. The number of nitrogens with zero attached hydrogens (tertiary/aromatic N) is 9. The fourth-order valence-corrected chi connectivity index (χ4v) is 4.89. The van der Waals surface area contributed by atoms with Gasteiger partial charge in [-0.3, -0.25) is 19.6 Å². The summed E-state index contributed by atoms with van der Waals surface area (Å²) >= 11 is 32.6. The molecule has 0 bridgehead atoms. The Balaban J connectivity index is 0.000000361. The third-order valence-corrected chi connectivity index (χ3v) is 7.50. The van der Waals surface area contributed by atoms with Crippen molar-refractivity contribution in [3.05, 3.63) is 107 Å². The Bertz CT molecular complexity index is 2540. The van der Waals surface area contributed by atoms with E-state index in [1.165, 1.54) is 31.2 Å². The number of nitrogen functional groups attached to an aromatic ring is 2. The second-order valence-electron chi connectivity index (χ2n) is 9.71. The maximum atomic E-state index is 11.2. The second kappa shape index (κ2) is 26.8. The third kappa shape index (κ3) is 21.5. The van der Waals surface area contributed by atoms with E-state index >= 15 is 0 Å². The number of halogens is 8. The number of carbonyl (C=O) groups is 2. The molecule has 7 aromatic heterocycles. The van der Waals surface area contributed by atoms with E-state index in [4.69, 9.17) is 43.5 Å². The van der Waals surface area contributed by atoms with Crippen LogP contribution in [0, 0.1) is 5.41 Å². The Morgan fingerprint density at radius 2 is 1.10 bits per heavy atom. The van der Waals surface area contributed by atoms with Gasteiger partial charge in [0.1, 0.15) is 35.0 Å². The fraction of sp³-hybridized carbons (Fsp3) is 0.0333. The number of fused-ring (bicyclic) bond motifs is 3. The number of anilines is 2. The Kier molecular flexibility index (Phi) is 23.9. The number of hydrogen-bond acceptors (Lipinski definition) is 16. The van der Waals surface area contributed by atoms with E-state index < -0.39 is 17.1 Å². The summed E-state index contributed by atoms with van der Waals surface area (Å²) in [6.45, 7) is 1.08. The summed E-state index contributed by atoms with van der Waals surface area (Å²) in [5.74, 6) is -1.43. The second-order valence-corrected chi connectivity index (χ2v) is 20.4. The summed E-state index contributed by atoms with van der Waals surface area (Å²) in [6.07, 6.45) is 11.3. The average Bonchev–Trinajstić information content (AvgIpc) is 3.14. The topological polar surface area (TPSA) is 342 Å². The summed E-state index contributed by atoms with van der Waals surface area (Å²) in [5, 5.41) is 21.1. The molecule has 0 aromatic carbocycles. The van der Waals surface area contributed by atoms with Crippen LogP contribution in [0.3, 0.4) is 0 Å². The lowest BCUT2D eigenvalue weighted by molar-refractivity contribution is -0.134. The van der Waals surface area contributed by atoms with E-state index in [-0.39, 0.29) is 16.9 Å². The molecule has 0 aliphatic heterocycles. The van der Waals surface area contributed by atoms with Crippen molar-refractivity contribution in [2.75, 3.05) is 11.5 Å². The van der Waals surface area contributed by atoms with Gasteiger partial charge in [0, 0.05) is 49.6 Å². The van der Waals surface area contributed by atoms with E-state index in [2.05, 4.69) is 153 Å². The van der Waals surface area contributed by atoms with Gasteiger partial charge in [0.05, 0.1) is 28.8 Å². The lowest BCUT2D eigenvalue weighted by atomic mass is 10.3. The molecule has 59 heavy (non-hydrogen) atoms. The fourth-order valence-electron chi connectivity index (χ4n) is 3.38. The molecule has 0 spiro atoms. The van der Waals surface area contributed by atoms with Crippen LogP contribution in [0.5, 0.6) is 0 Å². The summed E-state index contributed by atoms with van der Waals surface area (Å²) in [6, 6.07) is 6.78. The lowest BCUT2D eigenvalue weighted by Crippen LogP contribution is -2.06. The van der Waals surface area contributed by atoms with Gasteiger partial charge < -0.3 is 32.4 Å². The standard InChI is InChI=1S/C7H3BrClN3.C7H5BrN4.C7H4BrN3O.C6H5BrN2O2.C2H4O2.CH4N2.Cl3OP/c2*8-4-1-5-6(9)11-3-12-7(5)10-2-4;8-4-1-5-6(9-2-4)10-3-11-7(5)12;7-3-1-4(6(10)11)5(8)9-2-3;1-2(3)4;2-1-3;1-5(2,3)4/h1-3H;1-3H,(H2,9,10,11,12);1-3H,(H,9,10,11,12);1-2H,(H2,8,9)(H,10,11);1H3,(H,3,4);1H,(H3,2,3);. The quantitative estimate of drug-likeness (QED) is 0.0350. The number of nitrogens with one attached hydrogen (secondary N) is 2. The minimum absolute atomic E-state index is 0.0133. The monoisotopic (exact) mass is 1160 g/mol. The lowest BCUT2D eigenvalue weighted by Gasteiger charge is -1.98. The first-order valence-electron chi connectivity index (χ1n) is 14.7. The highest BCUT2D eigenvalue weighted by Gasteiger charge is 2.08. The van der Waals surface area contributed by atoms with Crippen LogP contribution in [0.25, 0.3) is 33.1 Å². The molecule has 0 aliphatic carbocycles. The van der Waals surface area contributed by atoms with Gasteiger partial charge in [-0.05, 0) is 122 Å². The number of pyridine rings is 4. The number of aromatic carboxylic acids is 1. The zero-order valence-corrected chi connectivity index (χ0v) is 39.4. The molecule has 7 rings (SSSR count). The van der Waals surface area contributed by atoms with Gasteiger partial charge in [-0.25, -0.2) is 49.7 Å². The number of rotatable bonds is 1. The van der Waals surface area contributed by atoms with Crippen LogP contribution in [0.2, 0.25) is 5.15 Å². The molecular formula is C30H25Br4Cl4N14O6P. The molecule has 0 atom stereocenters. The highest BCUT2D eigenvalue weighted by molar-refractivity contribution is 9.11. The van der Waals surface area contributed by atoms with Crippen LogP contribution in [0.1, 0.15) is 17.3 Å². The SMILES string of the molecule is CC(=O)O.Clc1ncnc2ncc(Br)cc12.N=CN.Nc1ncc(Br)cc1C(=O)O.Nc1ncnc2ncc(Br)cc12.O=P(Cl)(Cl)Cl.O=c1[nH]cnc2ncc(Br)cc12. The van der Waals surface area contributed by atoms with Gasteiger partial charge in [0.2, 0.25) is 0 Å². The van der Waals surface area contributed by atoms with Crippen molar-refractivity contribution >= 4 is 177 Å². The normalized spacial score (nSPS) is 9.78. The van der Waals surface area contributed by atoms with Crippen LogP contribution in [0.4, 0.5) is 11.6 Å². The number of carboxylic acid groups (broad SMARTS) is 2. The molecule has 0 radical (unpaired) electrons. The zero-order valence-electron chi connectivity index (χ0n) is 29.2. The average molecular weight is 1170 g/mol. The maximum absolute atomic E-state index is 11.2. The van der Waals surface area contributed by atoms with E-state index in [1.54, 1.807) is 24.7 Å². The Morgan fingerprint density at radius 3 is 1.58 bits per heavy atom. The molecular weight excluding hydrogens is 1140 g/mol. The Hall–Kier alpha value is -4.26. The summed E-state index contributed by atoms with van der Waals surface area (Å²) in [4.78, 5) is 68.3. The van der Waals surface area contributed by atoms with Gasteiger partial charge in [-0.1, -0.05) is 11.6 Å². The maximum Gasteiger partial charge on any atom is 0.339 e. The van der Waals surface area contributed by atoms with Crippen LogP contribution in [0.15, 0.2) is 90.7 Å². The number of H-pyrrole nitrogens is 1. The molecule has 312 valence electrons. The first kappa shape index (κ1) is 52.8. The van der Waals surface area contributed by atoms with E-state index in [1.807, 2.05) is 12.1 Å². The van der Waals surface area contributed by atoms with Crippen molar-refractivity contribution in [3.8, 4) is 0 Å². The predicted octanol–water partition coefficient (Wildman–Crippen LogP) is 8.47. The summed E-state index contributed by atoms with van der Waals surface area (Å²) < 4.78 is 12.6. The molecule has 0 amide bonds. The van der Waals surface area contributed by atoms with Crippen molar-refractivity contribution in [1.29, 1.82) is 5.41 Å². The number of aliphatic carboxylic acids is 1. The van der Waals surface area contributed by atoms with Crippen molar-refractivity contribution < 1.29 is 24.4 Å². The van der Waals surface area contributed by atoms with E-state index in [9.17, 15) is 14.2 Å². The number of nitrogens with two attached hydrogens (primary N) is 3. The third-order valence-electron chi connectivity index (χ3n) is 5.47. The molecule has 0 unspecified atom stereocenters. The minimum atomic E-state index is -3.22. The van der Waals surface area contributed by atoms with Crippen LogP contribution in [-0.4, -0.2) is 78.3 Å². The molecule has 0 saturated heterocycles. The molecule has 0 saturated carbocycles. The van der Waals surface area contributed by atoms with Crippen LogP contribution < -0.4 is 22.8 Å². The van der Waals surface area contributed by atoms with Gasteiger partial charge in [-0.2, -0.15) is 0 Å². The molecule has 20 nitrogen and oxygen atoms in total. The van der Waals surface area contributed by atoms with Crippen LogP contribution in [-0.2, 0) is 9.36 Å². The zero-order chi connectivity index (χ0) is 44.9. The van der Waals surface area contributed by atoms with Gasteiger partial charge in [0.15, 0.2) is 16.9 Å². The number of carboxylic acids is 2. The van der Waals surface area contributed by atoms with E-state index in [0.717, 1.165) is 37.5 Å². The molecule has 0 aliphatic rings. The largest absolute Gasteiger partial charge is 0.481 e. The smallest absolute Gasteiger partial charge is 0.339 e. The highest BCUT2D eigenvalue weighted by atomic mass is 79.9. The summed E-state index contributed by atoms with van der Waals surface area (Å²) in [7, 11) is 0.